The van der Waals surface area contributed by atoms with Crippen LogP contribution in [-0.4, -0.2) is 13.1 Å². The predicted octanol–water partition coefficient (Wildman–Crippen LogP) is 3.95. The number of nitrogens with one attached hydrogen (secondary N) is 1. The van der Waals surface area contributed by atoms with E-state index in [1.807, 2.05) is 0 Å². The molecular formula is C16H27N. The summed E-state index contributed by atoms with van der Waals surface area (Å²) >= 11 is 0. The number of likely N-dealkylation sites (N-methyl/N-ethyl adjacent to an activating group) is 1. The van der Waals surface area contributed by atoms with Crippen molar-refractivity contribution in [1.82, 2.24) is 5.32 Å². The average Bonchev–Trinajstić information content (AvgIpc) is 2.34. The maximum absolute atomic E-state index is 3.47. The van der Waals surface area contributed by atoms with Crippen molar-refractivity contribution in [1.29, 1.82) is 0 Å². The lowest BCUT2D eigenvalue weighted by Gasteiger charge is -2.21. The van der Waals surface area contributed by atoms with Crippen LogP contribution in [0.1, 0.15) is 44.2 Å². The lowest BCUT2D eigenvalue weighted by Crippen LogP contribution is -2.30. The Hall–Kier alpha value is -0.820. The Labute approximate surface area is 107 Å². The Bertz CT molecular complexity index is 315. The van der Waals surface area contributed by atoms with Crippen LogP contribution in [0.25, 0.3) is 0 Å². The van der Waals surface area contributed by atoms with E-state index in [1.165, 1.54) is 30.4 Å². The molecule has 96 valence electrons. The van der Waals surface area contributed by atoms with Crippen LogP contribution in [-0.2, 0) is 6.42 Å². The number of rotatable bonds is 7. The summed E-state index contributed by atoms with van der Waals surface area (Å²) in [7, 11) is 2.09. The Morgan fingerprint density at radius 1 is 1.18 bits per heavy atom. The second kappa shape index (κ2) is 7.50. The van der Waals surface area contributed by atoms with Gasteiger partial charge in [0.15, 0.2) is 0 Å². The summed E-state index contributed by atoms with van der Waals surface area (Å²) in [5.41, 5.74) is 2.81. The molecule has 1 unspecified atom stereocenters. The summed E-state index contributed by atoms with van der Waals surface area (Å²) in [5, 5.41) is 3.47. The van der Waals surface area contributed by atoms with Crippen LogP contribution in [0, 0.1) is 12.8 Å². The van der Waals surface area contributed by atoms with E-state index in [0.717, 1.165) is 12.3 Å². The molecule has 1 atom stereocenters. The second-order valence-electron chi connectivity index (χ2n) is 5.10. The minimum absolute atomic E-state index is 0.613. The van der Waals surface area contributed by atoms with Crippen molar-refractivity contribution in [2.75, 3.05) is 7.05 Å². The van der Waals surface area contributed by atoms with Gasteiger partial charge in [0.1, 0.15) is 0 Å². The van der Waals surface area contributed by atoms with Gasteiger partial charge < -0.3 is 5.32 Å². The largest absolute Gasteiger partial charge is 0.317 e. The summed E-state index contributed by atoms with van der Waals surface area (Å²) in [6, 6.07) is 9.48. The molecule has 1 heteroatoms. The van der Waals surface area contributed by atoms with Crippen molar-refractivity contribution in [3.8, 4) is 0 Å². The Morgan fingerprint density at radius 2 is 1.88 bits per heavy atom. The molecule has 1 nitrogen and oxygen atoms in total. The van der Waals surface area contributed by atoms with Crippen LogP contribution in [0.3, 0.4) is 0 Å². The van der Waals surface area contributed by atoms with Gasteiger partial charge in [-0.25, -0.2) is 0 Å². The Balaban J connectivity index is 2.57. The molecule has 0 aliphatic rings. The van der Waals surface area contributed by atoms with Gasteiger partial charge in [0.05, 0.1) is 0 Å². The maximum Gasteiger partial charge on any atom is 0.0107 e. The van der Waals surface area contributed by atoms with Crippen molar-refractivity contribution in [3.63, 3.8) is 0 Å². The zero-order chi connectivity index (χ0) is 12.7. The average molecular weight is 233 g/mol. The lowest BCUT2D eigenvalue weighted by molar-refractivity contribution is 0.377. The molecule has 0 saturated carbocycles. The van der Waals surface area contributed by atoms with Crippen molar-refractivity contribution in [3.05, 3.63) is 35.4 Å². The van der Waals surface area contributed by atoms with Gasteiger partial charge in [0.2, 0.25) is 0 Å². The molecule has 0 fully saturated rings. The first-order valence-corrected chi connectivity index (χ1v) is 6.92. The van der Waals surface area contributed by atoms with Crippen LogP contribution in [0.15, 0.2) is 24.3 Å². The molecule has 1 aromatic carbocycles. The van der Waals surface area contributed by atoms with Crippen molar-refractivity contribution >= 4 is 0 Å². The Morgan fingerprint density at radius 3 is 2.41 bits per heavy atom. The van der Waals surface area contributed by atoms with E-state index in [4.69, 9.17) is 0 Å². The molecule has 1 rings (SSSR count). The molecule has 0 radical (unpaired) electrons. The highest BCUT2D eigenvalue weighted by Crippen LogP contribution is 2.17. The van der Waals surface area contributed by atoms with Gasteiger partial charge >= 0.3 is 0 Å². The standard InChI is InChI=1S/C16H27N/c1-5-14(6-2)11-16(17-4)12-15-9-7-8-13(3)10-15/h7-10,14,16-17H,5-6,11-12H2,1-4H3. The van der Waals surface area contributed by atoms with Gasteiger partial charge in [-0.3, -0.25) is 0 Å². The van der Waals surface area contributed by atoms with Crippen molar-refractivity contribution < 1.29 is 0 Å². The van der Waals surface area contributed by atoms with E-state index in [2.05, 4.69) is 57.4 Å². The monoisotopic (exact) mass is 233 g/mol. The molecule has 0 aliphatic heterocycles. The quantitative estimate of drug-likeness (QED) is 0.752. The highest BCUT2D eigenvalue weighted by Gasteiger charge is 2.13. The number of hydrogen-bond donors (Lipinski definition) is 1. The van der Waals surface area contributed by atoms with Crippen LogP contribution in [0.2, 0.25) is 0 Å². The predicted molar refractivity (Wildman–Crippen MR) is 76.4 cm³/mol. The van der Waals surface area contributed by atoms with Crippen LogP contribution in [0.5, 0.6) is 0 Å². The van der Waals surface area contributed by atoms with Gasteiger partial charge in [-0.2, -0.15) is 0 Å². The zero-order valence-corrected chi connectivity index (χ0v) is 11.8. The summed E-state index contributed by atoms with van der Waals surface area (Å²) in [5.74, 6) is 0.859. The summed E-state index contributed by atoms with van der Waals surface area (Å²) < 4.78 is 0. The van der Waals surface area contributed by atoms with E-state index in [-0.39, 0.29) is 0 Å². The molecule has 17 heavy (non-hydrogen) atoms. The summed E-state index contributed by atoms with van der Waals surface area (Å²) in [6.45, 7) is 6.76. The SMILES string of the molecule is CCC(CC)CC(Cc1cccc(C)c1)NC. The number of hydrogen-bond acceptors (Lipinski definition) is 1. The van der Waals surface area contributed by atoms with E-state index >= 15 is 0 Å². The molecule has 1 aromatic rings. The minimum Gasteiger partial charge on any atom is -0.317 e. The van der Waals surface area contributed by atoms with Gasteiger partial charge in [0, 0.05) is 6.04 Å². The normalized spacial score (nSPS) is 13.0. The highest BCUT2D eigenvalue weighted by atomic mass is 14.9. The fourth-order valence-corrected chi connectivity index (χ4v) is 2.45. The van der Waals surface area contributed by atoms with Crippen LogP contribution < -0.4 is 5.32 Å². The molecule has 0 spiro atoms. The molecule has 1 N–H and O–H groups in total. The first kappa shape index (κ1) is 14.2. The molecule has 0 heterocycles. The number of aryl methyl sites for hydroxylation is 1. The van der Waals surface area contributed by atoms with Gasteiger partial charge in [-0.15, -0.1) is 0 Å². The third-order valence-electron chi connectivity index (χ3n) is 3.75. The zero-order valence-electron chi connectivity index (χ0n) is 11.8. The fraction of sp³-hybridized carbons (Fsp3) is 0.625. The van der Waals surface area contributed by atoms with Gasteiger partial charge in [0.25, 0.3) is 0 Å². The molecule has 0 saturated heterocycles. The third-order valence-corrected chi connectivity index (χ3v) is 3.75. The van der Waals surface area contributed by atoms with Crippen molar-refractivity contribution in [2.24, 2.45) is 5.92 Å². The molecule has 0 aromatic heterocycles. The lowest BCUT2D eigenvalue weighted by atomic mass is 9.91. The smallest absolute Gasteiger partial charge is 0.0107 e. The third kappa shape index (κ3) is 4.91. The van der Waals surface area contributed by atoms with Crippen LogP contribution >= 0.6 is 0 Å². The van der Waals surface area contributed by atoms with Gasteiger partial charge in [-0.05, 0) is 38.3 Å². The molecule has 0 bridgehead atoms. The molecule has 0 aliphatic carbocycles. The van der Waals surface area contributed by atoms with E-state index in [9.17, 15) is 0 Å². The fourth-order valence-electron chi connectivity index (χ4n) is 2.45. The van der Waals surface area contributed by atoms with Crippen LogP contribution in [0.4, 0.5) is 0 Å². The number of benzene rings is 1. The molecular weight excluding hydrogens is 206 g/mol. The maximum atomic E-state index is 3.47. The van der Waals surface area contributed by atoms with Gasteiger partial charge in [-0.1, -0.05) is 56.5 Å². The first-order chi connectivity index (χ1) is 8.19. The van der Waals surface area contributed by atoms with Crippen molar-refractivity contribution in [2.45, 2.75) is 52.5 Å². The summed E-state index contributed by atoms with van der Waals surface area (Å²) in [6.07, 6.45) is 5.02. The van der Waals surface area contributed by atoms with E-state index in [1.54, 1.807) is 0 Å². The topological polar surface area (TPSA) is 12.0 Å². The first-order valence-electron chi connectivity index (χ1n) is 6.92. The second-order valence-corrected chi connectivity index (χ2v) is 5.10. The van der Waals surface area contributed by atoms with E-state index < -0.39 is 0 Å². The minimum atomic E-state index is 0.613. The molecule has 0 amide bonds. The Kier molecular flexibility index (Phi) is 6.28. The summed E-state index contributed by atoms with van der Waals surface area (Å²) in [4.78, 5) is 0. The van der Waals surface area contributed by atoms with E-state index in [0.29, 0.717) is 6.04 Å². The highest BCUT2D eigenvalue weighted by molar-refractivity contribution is 5.22.